The number of halogens is 1. The van der Waals surface area contributed by atoms with Crippen molar-refractivity contribution in [2.45, 2.75) is 11.3 Å². The SMILES string of the molecule is CSCCCOc1ccc(C(=O)O)cc1S(=O)(=O)Cl. The molecule has 0 aromatic heterocycles. The minimum atomic E-state index is -4.05. The Morgan fingerprint density at radius 1 is 1.47 bits per heavy atom. The van der Waals surface area contributed by atoms with Crippen molar-refractivity contribution in [2.24, 2.45) is 0 Å². The van der Waals surface area contributed by atoms with Gasteiger partial charge in [0.25, 0.3) is 9.05 Å². The molecular formula is C11H13ClO5S2. The van der Waals surface area contributed by atoms with Gasteiger partial charge in [0, 0.05) is 10.7 Å². The third-order valence-electron chi connectivity index (χ3n) is 2.20. The molecule has 1 aromatic carbocycles. The first kappa shape index (κ1) is 16.1. The van der Waals surface area contributed by atoms with E-state index >= 15 is 0 Å². The fourth-order valence-electron chi connectivity index (χ4n) is 1.34. The van der Waals surface area contributed by atoms with Crippen LogP contribution in [0, 0.1) is 0 Å². The van der Waals surface area contributed by atoms with E-state index in [4.69, 9.17) is 20.5 Å². The Hall–Kier alpha value is -0.920. The predicted octanol–water partition coefficient (Wildman–Crippen LogP) is 2.44. The Morgan fingerprint density at radius 3 is 2.68 bits per heavy atom. The van der Waals surface area contributed by atoms with Crippen LogP contribution in [-0.4, -0.2) is 38.1 Å². The molecule has 0 unspecified atom stereocenters. The average molecular weight is 325 g/mol. The van der Waals surface area contributed by atoms with Crippen LogP contribution in [0.25, 0.3) is 0 Å². The second-order valence-corrected chi connectivity index (χ2v) is 7.12. The van der Waals surface area contributed by atoms with Gasteiger partial charge < -0.3 is 9.84 Å². The lowest BCUT2D eigenvalue weighted by Crippen LogP contribution is -2.05. The standard InChI is InChI=1S/C11H13ClO5S2/c1-18-6-2-5-17-9-4-3-8(11(13)14)7-10(9)19(12,15)16/h3-4,7H,2,5-6H2,1H3,(H,13,14). The van der Waals surface area contributed by atoms with Gasteiger partial charge in [-0.3, -0.25) is 0 Å². The molecule has 0 atom stereocenters. The van der Waals surface area contributed by atoms with Crippen molar-refractivity contribution in [1.29, 1.82) is 0 Å². The lowest BCUT2D eigenvalue weighted by atomic mass is 10.2. The number of carboxylic acid groups (broad SMARTS) is 1. The van der Waals surface area contributed by atoms with Crippen molar-refractivity contribution in [3.05, 3.63) is 23.8 Å². The zero-order valence-corrected chi connectivity index (χ0v) is 12.5. The van der Waals surface area contributed by atoms with Gasteiger partial charge in [0.05, 0.1) is 12.2 Å². The molecule has 0 bridgehead atoms. The zero-order chi connectivity index (χ0) is 14.5. The van der Waals surface area contributed by atoms with Crippen molar-refractivity contribution in [1.82, 2.24) is 0 Å². The topological polar surface area (TPSA) is 80.7 Å². The molecule has 0 saturated carbocycles. The van der Waals surface area contributed by atoms with Gasteiger partial charge in [-0.05, 0) is 36.6 Å². The lowest BCUT2D eigenvalue weighted by Gasteiger charge is -2.10. The normalized spacial score (nSPS) is 11.3. The smallest absolute Gasteiger partial charge is 0.335 e. The number of benzene rings is 1. The molecule has 8 heteroatoms. The van der Waals surface area contributed by atoms with Gasteiger partial charge in [-0.2, -0.15) is 11.8 Å². The van der Waals surface area contributed by atoms with Crippen LogP contribution >= 0.6 is 22.4 Å². The summed E-state index contributed by atoms with van der Waals surface area (Å²) in [5, 5.41) is 8.83. The van der Waals surface area contributed by atoms with E-state index in [0.717, 1.165) is 18.2 Å². The number of carboxylic acids is 1. The van der Waals surface area contributed by atoms with Gasteiger partial charge in [-0.1, -0.05) is 0 Å². The first-order valence-corrected chi connectivity index (χ1v) is 9.00. The van der Waals surface area contributed by atoms with E-state index in [2.05, 4.69) is 0 Å². The second-order valence-electron chi connectivity index (χ2n) is 3.60. The van der Waals surface area contributed by atoms with E-state index in [1.807, 2.05) is 6.26 Å². The predicted molar refractivity (Wildman–Crippen MR) is 74.9 cm³/mol. The van der Waals surface area contributed by atoms with Crippen LogP contribution in [0.15, 0.2) is 23.1 Å². The van der Waals surface area contributed by atoms with Gasteiger partial charge in [-0.25, -0.2) is 13.2 Å². The summed E-state index contributed by atoms with van der Waals surface area (Å²) in [7, 11) is 1.22. The Morgan fingerprint density at radius 2 is 2.16 bits per heavy atom. The summed E-state index contributed by atoms with van der Waals surface area (Å²) in [6.45, 7) is 0.340. The molecule has 0 fully saturated rings. The highest BCUT2D eigenvalue weighted by molar-refractivity contribution is 8.13. The van der Waals surface area contributed by atoms with Gasteiger partial charge in [0.1, 0.15) is 10.6 Å². The second kappa shape index (κ2) is 7.02. The van der Waals surface area contributed by atoms with Crippen molar-refractivity contribution in [3.63, 3.8) is 0 Å². The Balaban J connectivity index is 3.00. The van der Waals surface area contributed by atoms with Crippen LogP contribution in [0.3, 0.4) is 0 Å². The highest BCUT2D eigenvalue weighted by atomic mass is 35.7. The molecule has 0 heterocycles. The van der Waals surface area contributed by atoms with Crippen LogP contribution in [0.5, 0.6) is 5.75 Å². The maximum absolute atomic E-state index is 11.4. The molecule has 0 aliphatic heterocycles. The van der Waals surface area contributed by atoms with Gasteiger partial charge >= 0.3 is 5.97 Å². The van der Waals surface area contributed by atoms with Crippen molar-refractivity contribution in [2.75, 3.05) is 18.6 Å². The number of hydrogen-bond donors (Lipinski definition) is 1. The summed E-state index contributed by atoms with van der Waals surface area (Å²) in [5.74, 6) is -0.271. The lowest BCUT2D eigenvalue weighted by molar-refractivity contribution is 0.0696. The van der Waals surface area contributed by atoms with Crippen LogP contribution in [0.4, 0.5) is 0 Å². The molecular weight excluding hydrogens is 312 g/mol. The molecule has 0 radical (unpaired) electrons. The quantitative estimate of drug-likeness (QED) is 0.613. The van der Waals surface area contributed by atoms with Crippen LogP contribution in [-0.2, 0) is 9.05 Å². The maximum Gasteiger partial charge on any atom is 0.335 e. The third kappa shape index (κ3) is 4.93. The fraction of sp³-hybridized carbons (Fsp3) is 0.364. The van der Waals surface area contributed by atoms with E-state index in [9.17, 15) is 13.2 Å². The fourth-order valence-corrected chi connectivity index (χ4v) is 2.74. The Kier molecular flexibility index (Phi) is 5.96. The summed E-state index contributed by atoms with van der Waals surface area (Å²) in [6, 6.07) is 3.57. The molecule has 0 saturated heterocycles. The molecule has 1 N–H and O–H groups in total. The van der Waals surface area contributed by atoms with E-state index in [1.165, 1.54) is 12.1 Å². The minimum Gasteiger partial charge on any atom is -0.492 e. The number of ether oxygens (including phenoxy) is 1. The van der Waals surface area contributed by atoms with Crippen LogP contribution in [0.2, 0.25) is 0 Å². The number of hydrogen-bond acceptors (Lipinski definition) is 5. The molecule has 0 aliphatic rings. The maximum atomic E-state index is 11.4. The molecule has 106 valence electrons. The van der Waals surface area contributed by atoms with Crippen LogP contribution in [0.1, 0.15) is 16.8 Å². The summed E-state index contributed by atoms with van der Waals surface area (Å²) in [5.41, 5.74) is -0.157. The van der Waals surface area contributed by atoms with Crippen molar-refractivity contribution < 1.29 is 23.1 Å². The first-order valence-electron chi connectivity index (χ1n) is 5.30. The number of aromatic carboxylic acids is 1. The number of thioether (sulfide) groups is 1. The first-order chi connectivity index (χ1) is 8.86. The largest absolute Gasteiger partial charge is 0.492 e. The van der Waals surface area contributed by atoms with Crippen LogP contribution < -0.4 is 4.74 Å². The van der Waals surface area contributed by atoms with Gasteiger partial charge in [0.15, 0.2) is 0 Å². The number of carbonyl (C=O) groups is 1. The molecule has 5 nitrogen and oxygen atoms in total. The Labute approximate surface area is 120 Å². The summed E-state index contributed by atoms with van der Waals surface area (Å²) < 4.78 is 28.1. The van der Waals surface area contributed by atoms with Crippen molar-refractivity contribution >= 4 is 37.5 Å². The third-order valence-corrected chi connectivity index (χ3v) is 4.24. The van der Waals surface area contributed by atoms with E-state index < -0.39 is 15.0 Å². The molecule has 1 aromatic rings. The number of rotatable bonds is 7. The molecule has 0 amide bonds. The van der Waals surface area contributed by atoms with Gasteiger partial charge in [0.2, 0.25) is 0 Å². The summed E-state index contributed by atoms with van der Waals surface area (Å²) in [6.07, 6.45) is 2.71. The zero-order valence-electron chi connectivity index (χ0n) is 10.1. The van der Waals surface area contributed by atoms with Gasteiger partial charge in [-0.15, -0.1) is 0 Å². The summed E-state index contributed by atoms with van der Waals surface area (Å²) >= 11 is 1.65. The highest BCUT2D eigenvalue weighted by Gasteiger charge is 2.19. The highest BCUT2D eigenvalue weighted by Crippen LogP contribution is 2.28. The molecule has 0 aliphatic carbocycles. The van der Waals surface area contributed by atoms with Crippen molar-refractivity contribution in [3.8, 4) is 5.75 Å². The average Bonchev–Trinajstić information content (AvgIpc) is 2.33. The molecule has 19 heavy (non-hydrogen) atoms. The van der Waals surface area contributed by atoms with E-state index in [-0.39, 0.29) is 16.2 Å². The van der Waals surface area contributed by atoms with E-state index in [0.29, 0.717) is 6.61 Å². The Bertz CT molecular complexity index is 556. The monoisotopic (exact) mass is 324 g/mol. The summed E-state index contributed by atoms with van der Waals surface area (Å²) in [4.78, 5) is 10.5. The minimum absolute atomic E-state index is 0.0705. The van der Waals surface area contributed by atoms with E-state index in [1.54, 1.807) is 11.8 Å². The molecule has 1 rings (SSSR count). The molecule has 0 spiro atoms.